The fourth-order valence-corrected chi connectivity index (χ4v) is 5.90. The van der Waals surface area contributed by atoms with Gasteiger partial charge in [-0.3, -0.25) is 19.4 Å². The van der Waals surface area contributed by atoms with Crippen molar-refractivity contribution < 1.29 is 9.53 Å². The lowest BCUT2D eigenvalue weighted by Crippen LogP contribution is -2.48. The molecule has 3 aromatic rings. The summed E-state index contributed by atoms with van der Waals surface area (Å²) >= 11 is 1.77. The molecule has 0 N–H and O–H groups in total. The topological polar surface area (TPSA) is 73.1 Å². The van der Waals surface area contributed by atoms with Crippen LogP contribution in [-0.2, 0) is 28.1 Å². The standard InChI is InChI=1S/C22H25N5O2S/c1-15-11-16(2)27(25-15)14-20(28)26-8-4-22(5-9-26)21-17(3-10-29-22)12-19(30-21)18-13-23-6-7-24-18/h6-7,11-13H,3-5,8-10,14H2,1-2H3. The van der Waals surface area contributed by atoms with Gasteiger partial charge in [-0.2, -0.15) is 5.10 Å². The first-order valence-electron chi connectivity index (χ1n) is 10.4. The molecule has 156 valence electrons. The quantitative estimate of drug-likeness (QED) is 0.647. The Morgan fingerprint density at radius 1 is 1.23 bits per heavy atom. The SMILES string of the molecule is Cc1cc(C)n(CC(=O)N2CCC3(CC2)OCCc2cc(-c4cnccn4)sc23)n1. The van der Waals surface area contributed by atoms with Crippen LogP contribution < -0.4 is 0 Å². The Kier molecular flexibility index (Phi) is 4.91. The molecule has 1 fully saturated rings. The first kappa shape index (κ1) is 19.4. The van der Waals surface area contributed by atoms with Gasteiger partial charge in [0.2, 0.25) is 5.91 Å². The number of likely N-dealkylation sites (tertiary alicyclic amines) is 1. The predicted molar refractivity (Wildman–Crippen MR) is 114 cm³/mol. The molecule has 1 spiro atoms. The number of piperidine rings is 1. The molecule has 3 aromatic heterocycles. The van der Waals surface area contributed by atoms with Crippen molar-refractivity contribution >= 4 is 17.2 Å². The highest BCUT2D eigenvalue weighted by atomic mass is 32.1. The third kappa shape index (κ3) is 3.44. The van der Waals surface area contributed by atoms with Crippen LogP contribution in [0.3, 0.4) is 0 Å². The second-order valence-electron chi connectivity index (χ2n) is 8.11. The fraction of sp³-hybridized carbons (Fsp3) is 0.455. The minimum absolute atomic E-state index is 0.124. The summed E-state index contributed by atoms with van der Waals surface area (Å²) in [6.07, 6.45) is 7.81. The van der Waals surface area contributed by atoms with E-state index in [4.69, 9.17) is 4.74 Å². The first-order valence-corrected chi connectivity index (χ1v) is 11.2. The van der Waals surface area contributed by atoms with Crippen LogP contribution in [0.2, 0.25) is 0 Å². The summed E-state index contributed by atoms with van der Waals surface area (Å²) in [7, 11) is 0. The summed E-state index contributed by atoms with van der Waals surface area (Å²) in [4.78, 5) is 25.9. The zero-order valence-corrected chi connectivity index (χ0v) is 18.1. The Morgan fingerprint density at radius 2 is 2.07 bits per heavy atom. The number of amides is 1. The van der Waals surface area contributed by atoms with Crippen molar-refractivity contribution in [1.82, 2.24) is 24.6 Å². The molecular weight excluding hydrogens is 398 g/mol. The number of aromatic nitrogens is 4. The van der Waals surface area contributed by atoms with Gasteiger partial charge in [0.1, 0.15) is 12.1 Å². The number of thiophene rings is 1. The van der Waals surface area contributed by atoms with Crippen molar-refractivity contribution in [3.8, 4) is 10.6 Å². The summed E-state index contributed by atoms with van der Waals surface area (Å²) in [5.41, 5.74) is 3.94. The average Bonchev–Trinajstić information content (AvgIpc) is 3.33. The highest BCUT2D eigenvalue weighted by Crippen LogP contribution is 2.47. The van der Waals surface area contributed by atoms with E-state index in [9.17, 15) is 4.79 Å². The molecule has 5 rings (SSSR count). The highest BCUT2D eigenvalue weighted by Gasteiger charge is 2.43. The van der Waals surface area contributed by atoms with Gasteiger partial charge >= 0.3 is 0 Å². The molecule has 1 saturated heterocycles. The summed E-state index contributed by atoms with van der Waals surface area (Å²) in [5.74, 6) is 0.124. The van der Waals surface area contributed by atoms with Crippen molar-refractivity contribution in [2.45, 2.75) is 45.3 Å². The second-order valence-corrected chi connectivity index (χ2v) is 9.17. The third-order valence-corrected chi connectivity index (χ3v) is 7.49. The van der Waals surface area contributed by atoms with Gasteiger partial charge < -0.3 is 9.64 Å². The zero-order chi connectivity index (χ0) is 20.7. The normalized spacial score (nSPS) is 17.9. The molecule has 0 aliphatic carbocycles. The van der Waals surface area contributed by atoms with Crippen molar-refractivity contribution in [2.24, 2.45) is 0 Å². The molecular formula is C22H25N5O2S. The van der Waals surface area contributed by atoms with Crippen molar-refractivity contribution in [2.75, 3.05) is 19.7 Å². The van der Waals surface area contributed by atoms with Gasteiger partial charge in [-0.05, 0) is 50.8 Å². The molecule has 5 heterocycles. The van der Waals surface area contributed by atoms with E-state index in [0.717, 1.165) is 47.8 Å². The summed E-state index contributed by atoms with van der Waals surface area (Å²) < 4.78 is 8.17. The number of fused-ring (bicyclic) bond motifs is 2. The van der Waals surface area contributed by atoms with E-state index < -0.39 is 0 Å². The van der Waals surface area contributed by atoms with Crippen molar-refractivity contribution in [1.29, 1.82) is 0 Å². The molecule has 0 unspecified atom stereocenters. The average molecular weight is 424 g/mol. The Morgan fingerprint density at radius 3 is 2.77 bits per heavy atom. The van der Waals surface area contributed by atoms with Gasteiger partial charge in [0.05, 0.1) is 29.1 Å². The summed E-state index contributed by atoms with van der Waals surface area (Å²) in [5, 5.41) is 4.42. The lowest BCUT2D eigenvalue weighted by atomic mass is 9.85. The van der Waals surface area contributed by atoms with Gasteiger partial charge in [0, 0.05) is 36.1 Å². The van der Waals surface area contributed by atoms with Crippen LogP contribution in [0.4, 0.5) is 0 Å². The molecule has 0 aromatic carbocycles. The van der Waals surface area contributed by atoms with E-state index in [2.05, 4.69) is 21.1 Å². The molecule has 0 bridgehead atoms. The molecule has 0 saturated carbocycles. The van der Waals surface area contributed by atoms with Gasteiger partial charge in [-0.1, -0.05) is 0 Å². The molecule has 2 aliphatic rings. The zero-order valence-electron chi connectivity index (χ0n) is 17.3. The number of ether oxygens (including phenoxy) is 1. The number of nitrogens with zero attached hydrogens (tertiary/aromatic N) is 5. The second kappa shape index (κ2) is 7.59. The predicted octanol–water partition coefficient (Wildman–Crippen LogP) is 3.11. The molecule has 0 atom stereocenters. The van der Waals surface area contributed by atoms with Crippen molar-refractivity contribution in [3.05, 3.63) is 52.6 Å². The third-order valence-electron chi connectivity index (χ3n) is 6.10. The minimum Gasteiger partial charge on any atom is -0.369 e. The Balaban J connectivity index is 1.32. The van der Waals surface area contributed by atoms with Crippen molar-refractivity contribution in [3.63, 3.8) is 0 Å². The molecule has 2 aliphatic heterocycles. The number of aryl methyl sites for hydroxylation is 2. The monoisotopic (exact) mass is 423 g/mol. The van der Waals surface area contributed by atoms with Crippen LogP contribution in [0, 0.1) is 13.8 Å². The van der Waals surface area contributed by atoms with Gasteiger partial charge in [-0.25, -0.2) is 0 Å². The van der Waals surface area contributed by atoms with E-state index in [-0.39, 0.29) is 11.5 Å². The van der Waals surface area contributed by atoms with Crippen LogP contribution in [0.15, 0.2) is 30.7 Å². The van der Waals surface area contributed by atoms with E-state index in [1.807, 2.05) is 31.0 Å². The molecule has 8 heteroatoms. The Hall–Kier alpha value is -2.58. The van der Waals surface area contributed by atoms with E-state index in [0.29, 0.717) is 19.6 Å². The largest absolute Gasteiger partial charge is 0.369 e. The maximum absolute atomic E-state index is 12.8. The molecule has 30 heavy (non-hydrogen) atoms. The Bertz CT molecular complexity index is 1070. The number of hydrogen-bond donors (Lipinski definition) is 0. The van der Waals surface area contributed by atoms with Crippen LogP contribution >= 0.6 is 11.3 Å². The highest BCUT2D eigenvalue weighted by molar-refractivity contribution is 7.15. The maximum atomic E-state index is 12.8. The van der Waals surface area contributed by atoms with Gasteiger partial charge in [0.25, 0.3) is 0 Å². The van der Waals surface area contributed by atoms with E-state index in [1.54, 1.807) is 28.4 Å². The number of hydrogen-bond acceptors (Lipinski definition) is 6. The number of carbonyl (C=O) groups excluding carboxylic acids is 1. The van der Waals surface area contributed by atoms with E-state index >= 15 is 0 Å². The van der Waals surface area contributed by atoms with Crippen LogP contribution in [0.5, 0.6) is 0 Å². The first-order chi connectivity index (χ1) is 14.5. The summed E-state index contributed by atoms with van der Waals surface area (Å²) in [6.45, 7) is 6.37. The summed E-state index contributed by atoms with van der Waals surface area (Å²) in [6, 6.07) is 4.25. The van der Waals surface area contributed by atoms with Gasteiger partial charge in [0.15, 0.2) is 0 Å². The van der Waals surface area contributed by atoms with Gasteiger partial charge in [-0.15, -0.1) is 11.3 Å². The number of rotatable bonds is 3. The lowest BCUT2D eigenvalue weighted by molar-refractivity contribution is -0.141. The number of carbonyl (C=O) groups is 1. The fourth-order valence-electron chi connectivity index (χ4n) is 4.53. The van der Waals surface area contributed by atoms with Crippen LogP contribution in [0.25, 0.3) is 10.6 Å². The molecule has 0 radical (unpaired) electrons. The lowest BCUT2D eigenvalue weighted by Gasteiger charge is -2.43. The molecule has 1 amide bonds. The minimum atomic E-state index is -0.284. The Labute approximate surface area is 179 Å². The van der Waals surface area contributed by atoms with Crippen LogP contribution in [0.1, 0.15) is 34.7 Å². The van der Waals surface area contributed by atoms with Crippen LogP contribution in [-0.4, -0.2) is 50.3 Å². The maximum Gasteiger partial charge on any atom is 0.244 e. The smallest absolute Gasteiger partial charge is 0.244 e. The van der Waals surface area contributed by atoms with E-state index in [1.165, 1.54) is 10.4 Å². The molecule has 7 nitrogen and oxygen atoms in total.